The van der Waals surface area contributed by atoms with Crippen molar-refractivity contribution in [1.82, 2.24) is 0 Å². The fraction of sp³-hybridized carbons (Fsp3) is 0.883. The standard InChI is InChI=1S/C60H112O6/c1-4-7-10-13-16-19-22-25-27-29-30-31-33-35-38-41-44-47-50-53-59(62)65-56-57(55-64-58(61)52-49-46-43-40-37-34-24-21-18-15-12-9-6-3)66-60(63)54-51-48-45-42-39-36-32-28-26-23-20-17-14-11-8-5-2/h21,24-25,27,57H,4-20,22-23,26,28-56H2,1-3H3/b24-21+,27-25+/t57-/m1/s1. The molecule has 6 heteroatoms. The van der Waals surface area contributed by atoms with Crippen molar-refractivity contribution in [3.8, 4) is 0 Å². The molecule has 0 radical (unpaired) electrons. The Morgan fingerprint density at radius 3 is 0.773 bits per heavy atom. The topological polar surface area (TPSA) is 78.9 Å². The molecule has 0 amide bonds. The summed E-state index contributed by atoms with van der Waals surface area (Å²) in [5, 5.41) is 0. The fourth-order valence-corrected chi connectivity index (χ4v) is 8.73. The van der Waals surface area contributed by atoms with Gasteiger partial charge in [-0.3, -0.25) is 14.4 Å². The minimum atomic E-state index is -0.771. The Kier molecular flexibility index (Phi) is 53.7. The molecule has 0 aromatic rings. The van der Waals surface area contributed by atoms with Crippen LogP contribution in [0, 0.1) is 0 Å². The first-order chi connectivity index (χ1) is 32.5. The number of hydrogen-bond donors (Lipinski definition) is 0. The van der Waals surface area contributed by atoms with Crippen LogP contribution in [0.25, 0.3) is 0 Å². The van der Waals surface area contributed by atoms with Crippen LogP contribution in [0.1, 0.15) is 323 Å². The van der Waals surface area contributed by atoms with Crippen LogP contribution in [-0.4, -0.2) is 37.2 Å². The molecule has 0 saturated heterocycles. The number of hydrogen-bond acceptors (Lipinski definition) is 6. The van der Waals surface area contributed by atoms with E-state index in [1.165, 1.54) is 218 Å². The Morgan fingerprint density at radius 1 is 0.288 bits per heavy atom. The zero-order valence-electron chi connectivity index (χ0n) is 44.5. The zero-order chi connectivity index (χ0) is 47.9. The molecule has 1 atom stereocenters. The first-order valence-corrected chi connectivity index (χ1v) is 29.3. The van der Waals surface area contributed by atoms with Gasteiger partial charge in [0.25, 0.3) is 0 Å². The monoisotopic (exact) mass is 929 g/mol. The highest BCUT2D eigenvalue weighted by atomic mass is 16.6. The summed E-state index contributed by atoms with van der Waals surface area (Å²) in [5.74, 6) is -0.861. The van der Waals surface area contributed by atoms with Crippen molar-refractivity contribution in [2.75, 3.05) is 13.2 Å². The summed E-state index contributed by atoms with van der Waals surface area (Å²) in [6, 6.07) is 0. The average molecular weight is 930 g/mol. The van der Waals surface area contributed by atoms with Gasteiger partial charge in [0.05, 0.1) is 0 Å². The van der Waals surface area contributed by atoms with Crippen molar-refractivity contribution in [2.24, 2.45) is 0 Å². The maximum atomic E-state index is 12.8. The first-order valence-electron chi connectivity index (χ1n) is 29.3. The lowest BCUT2D eigenvalue weighted by Gasteiger charge is -2.18. The largest absolute Gasteiger partial charge is 0.462 e. The van der Waals surface area contributed by atoms with Crippen LogP contribution < -0.4 is 0 Å². The van der Waals surface area contributed by atoms with Gasteiger partial charge in [0, 0.05) is 19.3 Å². The van der Waals surface area contributed by atoms with E-state index in [1.807, 2.05) is 0 Å². The highest BCUT2D eigenvalue weighted by molar-refractivity contribution is 5.71. The molecular weight excluding hydrogens is 817 g/mol. The number of unbranched alkanes of at least 4 members (excludes halogenated alkanes) is 39. The number of esters is 3. The summed E-state index contributed by atoms with van der Waals surface area (Å²) in [5.41, 5.74) is 0. The SMILES string of the molecule is CCCCCC/C=C/CCCCCCCC(=O)OC[C@H](COC(=O)CCCCCCCCCCC/C=C/CCCCCCCC)OC(=O)CCCCCCCCCCCCCCCCCC. The Balaban J connectivity index is 4.31. The fourth-order valence-electron chi connectivity index (χ4n) is 8.73. The van der Waals surface area contributed by atoms with E-state index >= 15 is 0 Å². The zero-order valence-corrected chi connectivity index (χ0v) is 44.5. The summed E-state index contributed by atoms with van der Waals surface area (Å²) >= 11 is 0. The predicted molar refractivity (Wildman–Crippen MR) is 284 cm³/mol. The highest BCUT2D eigenvalue weighted by Gasteiger charge is 2.19. The highest BCUT2D eigenvalue weighted by Crippen LogP contribution is 2.17. The molecule has 388 valence electrons. The third-order valence-corrected chi connectivity index (χ3v) is 13.2. The lowest BCUT2D eigenvalue weighted by atomic mass is 10.0. The van der Waals surface area contributed by atoms with Gasteiger partial charge in [-0.1, -0.05) is 257 Å². The van der Waals surface area contributed by atoms with E-state index in [-0.39, 0.29) is 31.1 Å². The molecule has 0 heterocycles. The maximum Gasteiger partial charge on any atom is 0.306 e. The second-order valence-electron chi connectivity index (χ2n) is 19.9. The number of carbonyl (C=O) groups is 3. The van der Waals surface area contributed by atoms with E-state index in [1.54, 1.807) is 0 Å². The quantitative estimate of drug-likeness (QED) is 0.0262. The summed E-state index contributed by atoms with van der Waals surface area (Å²) in [6.45, 7) is 6.66. The van der Waals surface area contributed by atoms with Gasteiger partial charge in [-0.25, -0.2) is 0 Å². The molecular formula is C60H112O6. The minimum Gasteiger partial charge on any atom is -0.462 e. The normalized spacial score (nSPS) is 12.1. The minimum absolute atomic E-state index is 0.0705. The van der Waals surface area contributed by atoms with Crippen LogP contribution in [0.2, 0.25) is 0 Å². The van der Waals surface area contributed by atoms with E-state index in [0.29, 0.717) is 19.3 Å². The van der Waals surface area contributed by atoms with Gasteiger partial charge in [-0.15, -0.1) is 0 Å². The lowest BCUT2D eigenvalue weighted by molar-refractivity contribution is -0.167. The molecule has 0 saturated carbocycles. The average Bonchev–Trinajstić information content (AvgIpc) is 3.31. The molecule has 66 heavy (non-hydrogen) atoms. The molecule has 0 aliphatic carbocycles. The van der Waals surface area contributed by atoms with Gasteiger partial charge >= 0.3 is 17.9 Å². The number of ether oxygens (including phenoxy) is 3. The number of rotatable bonds is 54. The Labute approximate surface area is 411 Å². The molecule has 0 N–H and O–H groups in total. The molecule has 0 unspecified atom stereocenters. The summed E-state index contributed by atoms with van der Waals surface area (Å²) < 4.78 is 16.9. The van der Waals surface area contributed by atoms with Crippen molar-refractivity contribution < 1.29 is 28.6 Å². The summed E-state index contributed by atoms with van der Waals surface area (Å²) in [6.07, 6.45) is 64.5. The van der Waals surface area contributed by atoms with Crippen LogP contribution in [0.3, 0.4) is 0 Å². The Morgan fingerprint density at radius 2 is 0.500 bits per heavy atom. The van der Waals surface area contributed by atoms with Crippen molar-refractivity contribution in [1.29, 1.82) is 0 Å². The molecule has 0 aromatic carbocycles. The molecule has 6 nitrogen and oxygen atoms in total. The third kappa shape index (κ3) is 52.9. The van der Waals surface area contributed by atoms with E-state index in [2.05, 4.69) is 45.1 Å². The van der Waals surface area contributed by atoms with Crippen LogP contribution in [0.4, 0.5) is 0 Å². The predicted octanol–water partition coefficient (Wildman–Crippen LogP) is 19.5. The van der Waals surface area contributed by atoms with Crippen LogP contribution >= 0.6 is 0 Å². The smallest absolute Gasteiger partial charge is 0.306 e. The summed E-state index contributed by atoms with van der Waals surface area (Å²) in [7, 11) is 0. The second kappa shape index (κ2) is 55.5. The lowest BCUT2D eigenvalue weighted by Crippen LogP contribution is -2.30. The van der Waals surface area contributed by atoms with Gasteiger partial charge < -0.3 is 14.2 Å². The van der Waals surface area contributed by atoms with Gasteiger partial charge in [-0.2, -0.15) is 0 Å². The number of allylic oxidation sites excluding steroid dienone is 4. The van der Waals surface area contributed by atoms with Gasteiger partial charge in [0.1, 0.15) is 13.2 Å². The van der Waals surface area contributed by atoms with Gasteiger partial charge in [0.15, 0.2) is 6.10 Å². The molecule has 0 aliphatic rings. The molecule has 0 fully saturated rings. The van der Waals surface area contributed by atoms with Gasteiger partial charge in [0.2, 0.25) is 0 Å². The molecule has 0 aliphatic heterocycles. The molecule has 0 rings (SSSR count). The second-order valence-corrected chi connectivity index (χ2v) is 19.9. The number of carbonyl (C=O) groups excluding carboxylic acids is 3. The molecule has 0 bridgehead atoms. The van der Waals surface area contributed by atoms with Crippen molar-refractivity contribution in [3.63, 3.8) is 0 Å². The maximum absolute atomic E-state index is 12.8. The third-order valence-electron chi connectivity index (χ3n) is 13.2. The van der Waals surface area contributed by atoms with E-state index in [9.17, 15) is 14.4 Å². The van der Waals surface area contributed by atoms with Crippen molar-refractivity contribution in [3.05, 3.63) is 24.3 Å². The Bertz CT molecular complexity index is 1070. The molecule has 0 spiro atoms. The Hall–Kier alpha value is -2.11. The molecule has 0 aromatic heterocycles. The summed E-state index contributed by atoms with van der Waals surface area (Å²) in [4.78, 5) is 38.1. The van der Waals surface area contributed by atoms with E-state index in [0.717, 1.165) is 64.2 Å². The van der Waals surface area contributed by atoms with Crippen molar-refractivity contribution >= 4 is 17.9 Å². The van der Waals surface area contributed by atoms with Crippen LogP contribution in [0.15, 0.2) is 24.3 Å². The van der Waals surface area contributed by atoms with Gasteiger partial charge in [-0.05, 0) is 70.6 Å². The van der Waals surface area contributed by atoms with Crippen molar-refractivity contribution in [2.45, 2.75) is 329 Å². The van der Waals surface area contributed by atoms with Crippen LogP contribution in [0.5, 0.6) is 0 Å². The van der Waals surface area contributed by atoms with E-state index < -0.39 is 6.10 Å². The van der Waals surface area contributed by atoms with E-state index in [4.69, 9.17) is 14.2 Å². The first kappa shape index (κ1) is 63.9. The van der Waals surface area contributed by atoms with Crippen LogP contribution in [-0.2, 0) is 28.6 Å².